The fourth-order valence-corrected chi connectivity index (χ4v) is 5.04. The van der Waals surface area contributed by atoms with Gasteiger partial charge in [-0.15, -0.1) is 11.3 Å². The molecule has 2 aromatic heterocycles. The van der Waals surface area contributed by atoms with Gasteiger partial charge in [-0.2, -0.15) is 5.26 Å². The van der Waals surface area contributed by atoms with Crippen molar-refractivity contribution >= 4 is 37.5 Å². The van der Waals surface area contributed by atoms with E-state index in [1.165, 1.54) is 17.4 Å². The number of aryl methyl sites for hydroxylation is 2. The molecule has 0 fully saturated rings. The Balaban J connectivity index is 2.03. The van der Waals surface area contributed by atoms with Gasteiger partial charge in [0, 0.05) is 5.69 Å². The summed E-state index contributed by atoms with van der Waals surface area (Å²) in [7, 11) is 0. The Kier molecular flexibility index (Phi) is 3.98. The first kappa shape index (κ1) is 17.0. The molecule has 7 heteroatoms. The fourth-order valence-electron chi connectivity index (χ4n) is 3.29. The highest BCUT2D eigenvalue weighted by Crippen LogP contribution is 2.50. The average Bonchev–Trinajstić information content (AvgIpc) is 2.94. The van der Waals surface area contributed by atoms with Gasteiger partial charge >= 0.3 is 0 Å². The Labute approximate surface area is 161 Å². The molecule has 0 saturated heterocycles. The molecule has 1 aliphatic rings. The number of nitrogens with two attached hydrogens (primary N) is 1. The number of hydrogen-bond acceptors (Lipinski definition) is 5. The van der Waals surface area contributed by atoms with Crippen molar-refractivity contribution in [3.63, 3.8) is 0 Å². The zero-order valence-electron chi connectivity index (χ0n) is 13.9. The van der Waals surface area contributed by atoms with Crippen LogP contribution in [0.1, 0.15) is 27.6 Å². The monoisotopic (exact) mass is 429 g/mol. The minimum atomic E-state index is -0.417. The maximum atomic E-state index is 13.7. The summed E-state index contributed by atoms with van der Waals surface area (Å²) < 4.78 is 19.9. The van der Waals surface area contributed by atoms with Crippen LogP contribution in [0.25, 0.3) is 10.2 Å². The molecule has 0 aliphatic carbocycles. The molecule has 2 N–H and O–H groups in total. The number of aromatic nitrogens is 1. The number of nitrogens with zero attached hydrogens (tertiary/aromatic N) is 2. The molecular weight excluding hydrogens is 417 g/mol. The lowest BCUT2D eigenvalue weighted by Crippen LogP contribution is -2.19. The van der Waals surface area contributed by atoms with E-state index < -0.39 is 5.92 Å². The molecule has 0 unspecified atom stereocenters. The average molecular weight is 430 g/mol. The van der Waals surface area contributed by atoms with E-state index in [1.54, 1.807) is 12.1 Å². The van der Waals surface area contributed by atoms with Crippen molar-refractivity contribution in [2.45, 2.75) is 19.8 Å². The van der Waals surface area contributed by atoms with Gasteiger partial charge in [0.1, 0.15) is 22.3 Å². The van der Waals surface area contributed by atoms with Crippen LogP contribution in [0.4, 0.5) is 4.39 Å². The molecule has 1 aliphatic heterocycles. The SMILES string of the molecule is Cc1cc(C)c2c3c(sc2n1)[C@@H](c1ccc(F)c(Br)c1)C(C#N)=C(N)O3. The third-order valence-corrected chi connectivity index (χ3v) is 6.13. The van der Waals surface area contributed by atoms with Gasteiger partial charge in [0.05, 0.1) is 20.7 Å². The van der Waals surface area contributed by atoms with Crippen LogP contribution in [0, 0.1) is 31.0 Å². The van der Waals surface area contributed by atoms with Crippen LogP contribution >= 0.6 is 27.3 Å². The molecule has 0 bridgehead atoms. The molecule has 3 heterocycles. The first-order valence-electron chi connectivity index (χ1n) is 7.84. The Bertz CT molecular complexity index is 1150. The zero-order valence-corrected chi connectivity index (χ0v) is 16.3. The topological polar surface area (TPSA) is 71.9 Å². The van der Waals surface area contributed by atoms with Crippen molar-refractivity contribution in [3.8, 4) is 11.8 Å². The predicted octanol–water partition coefficient (Wildman–Crippen LogP) is 5.03. The lowest BCUT2D eigenvalue weighted by Gasteiger charge is -2.24. The molecule has 130 valence electrons. The molecule has 4 nitrogen and oxygen atoms in total. The highest BCUT2D eigenvalue weighted by Gasteiger charge is 2.35. The Hall–Kier alpha value is -2.43. The van der Waals surface area contributed by atoms with Crippen molar-refractivity contribution in [1.82, 2.24) is 4.98 Å². The van der Waals surface area contributed by atoms with Crippen LogP contribution in [0.15, 0.2) is 40.2 Å². The molecule has 0 saturated carbocycles. The quantitative estimate of drug-likeness (QED) is 0.588. The lowest BCUT2D eigenvalue weighted by atomic mass is 9.88. The lowest BCUT2D eigenvalue weighted by molar-refractivity contribution is 0.401. The number of nitriles is 1. The highest BCUT2D eigenvalue weighted by molar-refractivity contribution is 9.10. The van der Waals surface area contributed by atoms with Crippen molar-refractivity contribution in [2.24, 2.45) is 5.73 Å². The van der Waals surface area contributed by atoms with Gasteiger partial charge in [0.2, 0.25) is 5.88 Å². The minimum Gasteiger partial charge on any atom is -0.439 e. The van der Waals surface area contributed by atoms with Crippen molar-refractivity contribution in [1.29, 1.82) is 5.26 Å². The molecule has 0 amide bonds. The van der Waals surface area contributed by atoms with Gasteiger partial charge in [-0.1, -0.05) is 6.07 Å². The van der Waals surface area contributed by atoms with Crippen molar-refractivity contribution in [2.75, 3.05) is 0 Å². The van der Waals surface area contributed by atoms with Crippen LogP contribution in [-0.2, 0) is 0 Å². The summed E-state index contributed by atoms with van der Waals surface area (Å²) in [5.41, 5.74) is 9.10. The van der Waals surface area contributed by atoms with Gasteiger partial charge in [0.15, 0.2) is 5.75 Å². The summed E-state index contributed by atoms with van der Waals surface area (Å²) in [4.78, 5) is 6.30. The van der Waals surface area contributed by atoms with E-state index in [-0.39, 0.29) is 11.7 Å². The first-order chi connectivity index (χ1) is 12.4. The molecule has 4 rings (SSSR count). The smallest absolute Gasteiger partial charge is 0.205 e. The van der Waals surface area contributed by atoms with E-state index >= 15 is 0 Å². The Morgan fingerprint density at radius 1 is 1.35 bits per heavy atom. The maximum Gasteiger partial charge on any atom is 0.205 e. The molecular formula is C19H13BrFN3OS. The number of ether oxygens (including phenoxy) is 1. The van der Waals surface area contributed by atoms with Crippen LogP contribution in [0.2, 0.25) is 0 Å². The predicted molar refractivity (Wildman–Crippen MR) is 102 cm³/mol. The van der Waals surface area contributed by atoms with Crippen molar-refractivity contribution < 1.29 is 9.13 Å². The first-order valence-corrected chi connectivity index (χ1v) is 9.44. The van der Waals surface area contributed by atoms with Crippen LogP contribution in [-0.4, -0.2) is 4.98 Å². The van der Waals surface area contributed by atoms with E-state index in [4.69, 9.17) is 10.5 Å². The molecule has 1 aromatic carbocycles. The second kappa shape index (κ2) is 6.08. The van der Waals surface area contributed by atoms with E-state index in [9.17, 15) is 9.65 Å². The summed E-state index contributed by atoms with van der Waals surface area (Å²) in [6, 6.07) is 8.86. The number of pyridine rings is 1. The third kappa shape index (κ3) is 2.49. The summed E-state index contributed by atoms with van der Waals surface area (Å²) in [5, 5.41) is 10.6. The van der Waals surface area contributed by atoms with E-state index in [2.05, 4.69) is 27.0 Å². The second-order valence-electron chi connectivity index (χ2n) is 6.15. The third-order valence-electron chi connectivity index (χ3n) is 4.39. The summed E-state index contributed by atoms with van der Waals surface area (Å²) >= 11 is 4.70. The van der Waals surface area contributed by atoms with Crippen molar-refractivity contribution in [3.05, 3.63) is 67.7 Å². The summed E-state index contributed by atoms with van der Waals surface area (Å²) in [6.07, 6.45) is 0. The Morgan fingerprint density at radius 3 is 2.81 bits per heavy atom. The van der Waals surface area contributed by atoms with Gasteiger partial charge in [-0.3, -0.25) is 0 Å². The highest BCUT2D eigenvalue weighted by atomic mass is 79.9. The number of halogens is 2. The van der Waals surface area contributed by atoms with Gasteiger partial charge in [-0.05, 0) is 59.1 Å². The molecule has 0 radical (unpaired) electrons. The minimum absolute atomic E-state index is 0.0742. The largest absolute Gasteiger partial charge is 0.439 e. The summed E-state index contributed by atoms with van der Waals surface area (Å²) in [6.45, 7) is 3.93. The van der Waals surface area contributed by atoms with E-state index in [0.29, 0.717) is 15.8 Å². The number of thiophene rings is 1. The normalized spacial score (nSPS) is 16.3. The zero-order chi connectivity index (χ0) is 18.6. The number of allylic oxidation sites excluding steroid dienone is 1. The molecule has 26 heavy (non-hydrogen) atoms. The number of benzene rings is 1. The molecule has 3 aromatic rings. The van der Waals surface area contributed by atoms with Gasteiger partial charge in [0.25, 0.3) is 0 Å². The second-order valence-corrected chi connectivity index (χ2v) is 8.04. The van der Waals surface area contributed by atoms with E-state index in [1.807, 2.05) is 19.9 Å². The van der Waals surface area contributed by atoms with Gasteiger partial charge < -0.3 is 10.5 Å². The van der Waals surface area contributed by atoms with Crippen LogP contribution < -0.4 is 10.5 Å². The number of rotatable bonds is 1. The molecule has 1 atom stereocenters. The fraction of sp³-hybridized carbons (Fsp3) is 0.158. The number of fused-ring (bicyclic) bond motifs is 3. The maximum absolute atomic E-state index is 13.7. The number of hydrogen-bond donors (Lipinski definition) is 1. The Morgan fingerprint density at radius 2 is 2.12 bits per heavy atom. The van der Waals surface area contributed by atoms with Crippen LogP contribution in [0.3, 0.4) is 0 Å². The standard InChI is InChI=1S/C19H13BrFN3OS/c1-8-5-9(2)24-19-14(8)16-17(26-19)15(11(7-22)18(23)25-16)10-3-4-13(21)12(20)6-10/h3-6,15H,23H2,1-2H3/t15-/m0/s1. The molecule has 0 spiro atoms. The van der Waals surface area contributed by atoms with E-state index in [0.717, 1.165) is 31.9 Å². The van der Waals surface area contributed by atoms with Gasteiger partial charge in [-0.25, -0.2) is 9.37 Å². The summed E-state index contributed by atoms with van der Waals surface area (Å²) in [5.74, 6) is -0.0670. The van der Waals surface area contributed by atoms with Crippen LogP contribution in [0.5, 0.6) is 5.75 Å².